The molecule has 0 heterocycles. The molecule has 1 fully saturated rings. The normalized spacial score (nSPS) is 27.4. The number of hydrogen-bond acceptors (Lipinski definition) is 2. The fourth-order valence-electron chi connectivity index (χ4n) is 2.12. The average molecular weight is 182 g/mol. The quantitative estimate of drug-likeness (QED) is 0.655. The van der Waals surface area contributed by atoms with E-state index in [4.69, 9.17) is 5.73 Å². The largest absolute Gasteiger partial charge is 0.330 e. The number of nitrogens with two attached hydrogens (primary N) is 1. The van der Waals surface area contributed by atoms with E-state index in [0.717, 1.165) is 31.6 Å². The van der Waals surface area contributed by atoms with Crippen molar-refractivity contribution < 1.29 is 0 Å². The van der Waals surface area contributed by atoms with Crippen LogP contribution in [0.2, 0.25) is 0 Å². The summed E-state index contributed by atoms with van der Waals surface area (Å²) in [7, 11) is 0. The maximum Gasteiger partial charge on any atom is 0.0190 e. The molecule has 0 amide bonds. The van der Waals surface area contributed by atoms with Crippen molar-refractivity contribution in [1.82, 2.24) is 4.90 Å². The molecule has 2 nitrogen and oxygen atoms in total. The molecule has 1 rings (SSSR count). The molecule has 2 N–H and O–H groups in total. The highest BCUT2D eigenvalue weighted by molar-refractivity contribution is 4.97. The van der Waals surface area contributed by atoms with Crippen LogP contribution in [0.15, 0.2) is 12.2 Å². The first-order chi connectivity index (χ1) is 6.19. The lowest BCUT2D eigenvalue weighted by Gasteiger charge is -2.43. The first kappa shape index (κ1) is 10.7. The zero-order valence-corrected chi connectivity index (χ0v) is 8.92. The predicted molar refractivity (Wildman–Crippen MR) is 57.6 cm³/mol. The van der Waals surface area contributed by atoms with Gasteiger partial charge in [0, 0.05) is 12.6 Å². The Labute approximate surface area is 81.8 Å². The van der Waals surface area contributed by atoms with Gasteiger partial charge >= 0.3 is 0 Å². The first-order valence-electron chi connectivity index (χ1n) is 5.27. The van der Waals surface area contributed by atoms with Crippen LogP contribution in [0.1, 0.15) is 26.7 Å². The van der Waals surface area contributed by atoms with Gasteiger partial charge in [0.2, 0.25) is 0 Å². The van der Waals surface area contributed by atoms with E-state index in [1.165, 1.54) is 18.4 Å². The zero-order valence-electron chi connectivity index (χ0n) is 8.92. The highest BCUT2D eigenvalue weighted by Gasteiger charge is 2.33. The molecular formula is C11H22N2. The van der Waals surface area contributed by atoms with E-state index < -0.39 is 0 Å². The Kier molecular flexibility index (Phi) is 3.94. The molecule has 0 spiro atoms. The summed E-state index contributed by atoms with van der Waals surface area (Å²) >= 11 is 0. The molecule has 0 aromatic carbocycles. The second-order valence-corrected chi connectivity index (χ2v) is 4.16. The lowest BCUT2D eigenvalue weighted by atomic mass is 9.78. The number of rotatable bonds is 5. The summed E-state index contributed by atoms with van der Waals surface area (Å²) in [6.07, 6.45) is 2.64. The molecule has 13 heavy (non-hydrogen) atoms. The van der Waals surface area contributed by atoms with Crippen LogP contribution < -0.4 is 5.73 Å². The van der Waals surface area contributed by atoms with Crippen LogP contribution in [-0.2, 0) is 0 Å². The van der Waals surface area contributed by atoms with Crippen LogP contribution >= 0.6 is 0 Å². The average Bonchev–Trinajstić information content (AvgIpc) is 2.01. The summed E-state index contributed by atoms with van der Waals surface area (Å²) < 4.78 is 0. The zero-order chi connectivity index (χ0) is 9.84. The monoisotopic (exact) mass is 182 g/mol. The predicted octanol–water partition coefficient (Wildman–Crippen LogP) is 1.62. The molecule has 0 aliphatic heterocycles. The number of likely N-dealkylation sites (N-methyl/N-ethyl adjacent to an activating group) is 1. The first-order valence-corrected chi connectivity index (χ1v) is 5.27. The summed E-state index contributed by atoms with van der Waals surface area (Å²) in [5.74, 6) is 0.735. The minimum absolute atomic E-state index is 0.728. The molecular weight excluding hydrogens is 160 g/mol. The standard InChI is InChI=1S/C11H22N2/c1-4-13(8-9(2)3)11-6-5-10(11)7-12/h10-11H,2,4-8,12H2,1,3H3. The molecule has 0 bridgehead atoms. The lowest BCUT2D eigenvalue weighted by Crippen LogP contribution is -2.50. The van der Waals surface area contributed by atoms with Crippen LogP contribution in [0.5, 0.6) is 0 Å². The summed E-state index contributed by atoms with van der Waals surface area (Å²) in [5.41, 5.74) is 6.95. The van der Waals surface area contributed by atoms with Crippen LogP contribution in [-0.4, -0.2) is 30.6 Å². The summed E-state index contributed by atoms with van der Waals surface area (Å²) in [4.78, 5) is 2.50. The summed E-state index contributed by atoms with van der Waals surface area (Å²) in [6.45, 7) is 11.3. The molecule has 2 heteroatoms. The maximum absolute atomic E-state index is 5.70. The summed E-state index contributed by atoms with van der Waals surface area (Å²) in [5, 5.41) is 0. The molecule has 0 saturated heterocycles. The third kappa shape index (κ3) is 2.55. The van der Waals surface area contributed by atoms with Gasteiger partial charge in [-0.3, -0.25) is 4.90 Å². The lowest BCUT2D eigenvalue weighted by molar-refractivity contribution is 0.0793. The van der Waals surface area contributed by atoms with Gasteiger partial charge in [0.05, 0.1) is 0 Å². The SMILES string of the molecule is C=C(C)CN(CC)C1CCC1CN. The Morgan fingerprint density at radius 2 is 2.23 bits per heavy atom. The number of hydrogen-bond donors (Lipinski definition) is 1. The Morgan fingerprint density at radius 3 is 2.54 bits per heavy atom. The molecule has 2 atom stereocenters. The Bertz CT molecular complexity index is 175. The van der Waals surface area contributed by atoms with Crippen LogP contribution in [0, 0.1) is 5.92 Å². The third-order valence-electron chi connectivity index (χ3n) is 3.03. The van der Waals surface area contributed by atoms with Gasteiger partial charge in [0.15, 0.2) is 0 Å². The fourth-order valence-corrected chi connectivity index (χ4v) is 2.12. The van der Waals surface area contributed by atoms with E-state index in [9.17, 15) is 0 Å². The van der Waals surface area contributed by atoms with E-state index in [0.29, 0.717) is 0 Å². The second kappa shape index (κ2) is 4.77. The van der Waals surface area contributed by atoms with Gasteiger partial charge in [0.25, 0.3) is 0 Å². The minimum Gasteiger partial charge on any atom is -0.330 e. The molecule has 1 aliphatic rings. The van der Waals surface area contributed by atoms with Crippen molar-refractivity contribution in [2.45, 2.75) is 32.7 Å². The summed E-state index contributed by atoms with van der Waals surface area (Å²) in [6, 6.07) is 0.728. The van der Waals surface area contributed by atoms with Crippen LogP contribution in [0.3, 0.4) is 0 Å². The maximum atomic E-state index is 5.70. The molecule has 1 saturated carbocycles. The van der Waals surface area contributed by atoms with Crippen LogP contribution in [0.4, 0.5) is 0 Å². The van der Waals surface area contributed by atoms with Gasteiger partial charge in [-0.1, -0.05) is 19.1 Å². The van der Waals surface area contributed by atoms with E-state index in [-0.39, 0.29) is 0 Å². The van der Waals surface area contributed by atoms with Gasteiger partial charge in [-0.25, -0.2) is 0 Å². The Balaban J connectivity index is 2.41. The van der Waals surface area contributed by atoms with E-state index >= 15 is 0 Å². The van der Waals surface area contributed by atoms with Crippen molar-refractivity contribution in [1.29, 1.82) is 0 Å². The van der Waals surface area contributed by atoms with Gasteiger partial charge < -0.3 is 5.73 Å². The van der Waals surface area contributed by atoms with Gasteiger partial charge in [-0.2, -0.15) is 0 Å². The van der Waals surface area contributed by atoms with Crippen molar-refractivity contribution in [2.24, 2.45) is 11.7 Å². The van der Waals surface area contributed by atoms with Crippen LogP contribution in [0.25, 0.3) is 0 Å². The molecule has 0 aromatic heterocycles. The molecule has 1 aliphatic carbocycles. The van der Waals surface area contributed by atoms with E-state index in [2.05, 4.69) is 25.3 Å². The van der Waals surface area contributed by atoms with Crippen molar-refractivity contribution in [3.63, 3.8) is 0 Å². The van der Waals surface area contributed by atoms with E-state index in [1.54, 1.807) is 0 Å². The Hall–Kier alpha value is -0.340. The molecule has 0 aromatic rings. The molecule has 0 radical (unpaired) electrons. The fraction of sp³-hybridized carbons (Fsp3) is 0.818. The van der Waals surface area contributed by atoms with Crippen molar-refractivity contribution in [3.8, 4) is 0 Å². The highest BCUT2D eigenvalue weighted by atomic mass is 15.2. The van der Waals surface area contributed by atoms with Gasteiger partial charge in [-0.05, 0) is 38.8 Å². The van der Waals surface area contributed by atoms with E-state index in [1.807, 2.05) is 0 Å². The Morgan fingerprint density at radius 1 is 1.54 bits per heavy atom. The van der Waals surface area contributed by atoms with Gasteiger partial charge in [0.1, 0.15) is 0 Å². The smallest absolute Gasteiger partial charge is 0.0190 e. The van der Waals surface area contributed by atoms with Gasteiger partial charge in [-0.15, -0.1) is 0 Å². The topological polar surface area (TPSA) is 29.3 Å². The van der Waals surface area contributed by atoms with Crippen molar-refractivity contribution >= 4 is 0 Å². The highest BCUT2D eigenvalue weighted by Crippen LogP contribution is 2.31. The molecule has 2 unspecified atom stereocenters. The minimum atomic E-state index is 0.728. The number of nitrogens with zero attached hydrogens (tertiary/aromatic N) is 1. The van der Waals surface area contributed by atoms with Crippen molar-refractivity contribution in [3.05, 3.63) is 12.2 Å². The third-order valence-corrected chi connectivity index (χ3v) is 3.03. The molecule has 76 valence electrons. The van der Waals surface area contributed by atoms with Crippen molar-refractivity contribution in [2.75, 3.05) is 19.6 Å². The second-order valence-electron chi connectivity index (χ2n) is 4.16.